The Balaban J connectivity index is 0.000000215. The van der Waals surface area contributed by atoms with Crippen molar-refractivity contribution in [3.05, 3.63) is 245 Å². The summed E-state index contributed by atoms with van der Waals surface area (Å²) in [6.45, 7) is 29.2. The van der Waals surface area contributed by atoms with E-state index in [9.17, 15) is 27.5 Å². The van der Waals surface area contributed by atoms with Crippen LogP contribution in [0.5, 0.6) is 17.2 Å². The highest BCUT2D eigenvalue weighted by molar-refractivity contribution is 6.75. The standard InChI is InChI=1S/C26H35FN2O2Si.C20H21FN2O2.C18H25ClFNO2Si.C9H7ClN2.C9H21FO2Si.C9H8N2O.C8H12BNO2/c1-26(2,3)32(6,7)31-23(17-27)18-30-22-13-15-25-20(16-22)10-14-24(28-25)19-8-11-21(12-9-19)29(4)5;1-23(2)16-6-3-14(4-7-16)19-9-5-15-11-18(8-10-20(15)22-19)25-13-17(24)12-21;1-18(2,3)24(4,5)23-15(11-20)12-22-14-7-8-16-13(10-14)6-9-17(19)21-16;10-9-4-1-6-5-7(11)2-3-8(6)12-9;1-9(2,3)13(4,5)12-8(6-10)7-11;10-7-2-3-8-6(5-7)1-4-9(12)11-8;1-10(2)8-5-3-7(4-6-8)9(11)12/h8-16,23H,17-18H2,1-7H3;3-11,17,24H,12-13H2,1-2H3;6-10,15H,11-12H2,1-5H3;1-5H,11H2;8,11H,6-7H2,1-5H3;1-5H,10H2,(H,11,12);3-6,11-12H,1-2H3. The van der Waals surface area contributed by atoms with Crippen molar-refractivity contribution in [2.24, 2.45) is 0 Å². The number of alkyl halides is 4. The number of aliphatic hydroxyl groups is 2. The molecule has 0 saturated heterocycles. The maximum Gasteiger partial charge on any atom is 0.488 e. The van der Waals surface area contributed by atoms with E-state index < -0.39 is 83.2 Å². The number of anilines is 5. The number of nitrogens with two attached hydrogens (primary N) is 2. The first-order valence-corrected chi connectivity index (χ1v) is 52.3. The van der Waals surface area contributed by atoms with E-state index in [2.05, 4.69) is 162 Å². The first-order chi connectivity index (χ1) is 61.0. The number of pyridine rings is 5. The lowest BCUT2D eigenvalue weighted by atomic mass is 9.80. The Kier molecular flexibility index (Phi) is 40.1. The molecule has 4 unspecified atom stereocenters. The molecule has 21 nitrogen and oxygen atoms in total. The van der Waals surface area contributed by atoms with E-state index in [4.69, 9.17) is 87.3 Å². The molecule has 9 N–H and O–H groups in total. The highest BCUT2D eigenvalue weighted by Gasteiger charge is 2.41. The second kappa shape index (κ2) is 48.8. The zero-order valence-electron chi connectivity index (χ0n) is 78.6. The molecule has 0 aliphatic carbocycles. The Morgan fingerprint density at radius 1 is 0.408 bits per heavy atom. The van der Waals surface area contributed by atoms with Crippen molar-refractivity contribution in [2.45, 2.75) is 141 Å². The number of aromatic amines is 1. The third-order valence-electron chi connectivity index (χ3n) is 22.5. The topological polar surface area (TPSA) is 282 Å². The van der Waals surface area contributed by atoms with E-state index in [0.717, 1.165) is 99.8 Å². The van der Waals surface area contributed by atoms with Gasteiger partial charge in [-0.1, -0.05) is 134 Å². The predicted molar refractivity (Wildman–Crippen MR) is 540 cm³/mol. The maximum absolute atomic E-state index is 13.6. The fourth-order valence-corrected chi connectivity index (χ4v) is 16.0. The van der Waals surface area contributed by atoms with Gasteiger partial charge in [-0.05, 0) is 230 Å². The molecule has 13 rings (SSSR count). The highest BCUT2D eigenvalue weighted by Crippen LogP contribution is 2.41. The summed E-state index contributed by atoms with van der Waals surface area (Å²) >= 11 is 11.6. The van der Waals surface area contributed by atoms with Gasteiger partial charge in [0.25, 0.3) is 0 Å². The number of ether oxygens (including phenoxy) is 3. The van der Waals surface area contributed by atoms with Crippen LogP contribution in [0.15, 0.2) is 229 Å². The molecule has 4 atom stereocenters. The first-order valence-electron chi connectivity index (χ1n) is 42.8. The number of benzene rings is 8. The molecular formula is C99H129BCl2F4N10O11Si3. The summed E-state index contributed by atoms with van der Waals surface area (Å²) in [4.78, 5) is 37.5. The van der Waals surface area contributed by atoms with E-state index in [0.29, 0.717) is 38.7 Å². The molecule has 0 aliphatic rings. The molecule has 0 spiro atoms. The van der Waals surface area contributed by atoms with Gasteiger partial charge in [0.15, 0.2) is 25.0 Å². The number of aliphatic hydroxyl groups excluding tert-OH is 2. The second-order valence-corrected chi connectivity index (χ2v) is 51.5. The van der Waals surface area contributed by atoms with E-state index in [1.165, 1.54) is 6.07 Å². The summed E-state index contributed by atoms with van der Waals surface area (Å²) in [6.07, 6.45) is -2.84. The summed E-state index contributed by atoms with van der Waals surface area (Å²) in [5.41, 5.74) is 24.6. The van der Waals surface area contributed by atoms with Gasteiger partial charge in [-0.3, -0.25) is 4.79 Å². The van der Waals surface area contributed by atoms with E-state index in [1.54, 1.807) is 48.5 Å². The average molecular weight is 1880 g/mol. The quantitative estimate of drug-likeness (QED) is 0.0115. The number of nitrogens with zero attached hydrogens (tertiary/aromatic N) is 7. The lowest BCUT2D eigenvalue weighted by Crippen LogP contribution is -2.46. The van der Waals surface area contributed by atoms with E-state index >= 15 is 0 Å². The number of hydrogen-bond donors (Lipinski definition) is 7. The molecule has 5 heterocycles. The SMILES string of the molecule is CC(C)(C)[Si](C)(C)OC(CF)COc1ccc2nc(Cl)ccc2c1.CC(C)(C)[Si](C)(C)OC(CO)CF.CN(C)c1ccc(-c2ccc3cc(OCC(CF)O[Si](C)(C)C(C)(C)C)ccc3n2)cc1.CN(C)c1ccc(-c2ccc3cc(OCC(O)CF)ccc3n2)cc1.CN(C)c1ccc(B(O)O)cc1.Nc1ccc2[nH]c(=O)ccc2c1.Nc1ccc2nc(Cl)ccc2c1. The van der Waals surface area contributed by atoms with Crippen LogP contribution < -0.4 is 51.4 Å². The number of nitrogens with one attached hydrogen (secondary N) is 1. The van der Waals surface area contributed by atoms with Gasteiger partial charge < -0.3 is 78.9 Å². The lowest BCUT2D eigenvalue weighted by Gasteiger charge is -2.38. The fraction of sp³-hybridized carbons (Fsp3) is 0.364. The molecule has 0 fully saturated rings. The van der Waals surface area contributed by atoms with Crippen molar-refractivity contribution >= 4 is 144 Å². The smallest absolute Gasteiger partial charge is 0.488 e. The van der Waals surface area contributed by atoms with Crippen molar-refractivity contribution in [2.75, 3.05) is 122 Å². The molecule has 0 radical (unpaired) electrons. The summed E-state index contributed by atoms with van der Waals surface area (Å²) in [7, 11) is 4.58. The zero-order chi connectivity index (χ0) is 96.2. The second-order valence-electron chi connectivity index (χ2n) is 36.5. The molecule has 8 aromatic carbocycles. The number of halogens is 6. The molecule has 0 aliphatic heterocycles. The van der Waals surface area contributed by atoms with Crippen LogP contribution in [0.25, 0.3) is 77.0 Å². The Labute approximate surface area is 776 Å². The Hall–Kier alpha value is -10.3. The Bertz CT molecular complexity index is 5710. The van der Waals surface area contributed by atoms with Crippen molar-refractivity contribution in [3.63, 3.8) is 0 Å². The molecule has 5 aromatic heterocycles. The van der Waals surface area contributed by atoms with E-state index in [-0.39, 0.29) is 47.1 Å². The van der Waals surface area contributed by atoms with Crippen LogP contribution in [0.3, 0.4) is 0 Å². The monoisotopic (exact) mass is 1870 g/mol. The third kappa shape index (κ3) is 32.9. The number of H-pyrrole nitrogens is 1. The molecule has 31 heteroatoms. The number of nitrogen functional groups attached to an aromatic ring is 2. The summed E-state index contributed by atoms with van der Waals surface area (Å²) in [5, 5.41) is 41.5. The van der Waals surface area contributed by atoms with Crippen LogP contribution in [-0.4, -0.2) is 197 Å². The third-order valence-corrected chi connectivity index (χ3v) is 36.5. The summed E-state index contributed by atoms with van der Waals surface area (Å²) in [5.74, 6) is 1.95. The van der Waals surface area contributed by atoms with Gasteiger partial charge in [-0.25, -0.2) is 37.5 Å². The van der Waals surface area contributed by atoms with Gasteiger partial charge in [0, 0.05) is 120 Å². The van der Waals surface area contributed by atoms with Gasteiger partial charge in [0.1, 0.15) is 92.4 Å². The number of rotatable bonds is 26. The van der Waals surface area contributed by atoms with Gasteiger partial charge in [-0.2, -0.15) is 0 Å². The van der Waals surface area contributed by atoms with Crippen LogP contribution in [0.4, 0.5) is 46.0 Å². The molecule has 130 heavy (non-hydrogen) atoms. The summed E-state index contributed by atoms with van der Waals surface area (Å²) in [6, 6.07) is 69.9. The maximum atomic E-state index is 13.6. The van der Waals surface area contributed by atoms with Crippen molar-refractivity contribution in [3.8, 4) is 39.8 Å². The molecule has 0 bridgehead atoms. The number of hydrogen-bond acceptors (Lipinski definition) is 20. The predicted octanol–water partition coefficient (Wildman–Crippen LogP) is 21.4. The van der Waals surface area contributed by atoms with Crippen molar-refractivity contribution in [1.29, 1.82) is 0 Å². The number of fused-ring (bicyclic) bond motifs is 5. The van der Waals surface area contributed by atoms with Crippen LogP contribution in [0.2, 0.25) is 64.7 Å². The Morgan fingerprint density at radius 2 is 0.731 bits per heavy atom. The largest absolute Gasteiger partial charge is 0.491 e. The highest BCUT2D eigenvalue weighted by atomic mass is 35.5. The van der Waals surface area contributed by atoms with E-state index in [1.807, 2.05) is 182 Å². The fourth-order valence-electron chi connectivity index (χ4n) is 11.7. The molecule has 13 aromatic rings. The normalized spacial score (nSPS) is 12.6. The van der Waals surface area contributed by atoms with Crippen LogP contribution >= 0.6 is 23.2 Å². The Morgan fingerprint density at radius 3 is 1.08 bits per heavy atom. The van der Waals surface area contributed by atoms with Crippen molar-refractivity contribution in [1.82, 2.24) is 24.9 Å². The molecular weight excluding hydrogens is 1750 g/mol. The van der Waals surface area contributed by atoms with Crippen LogP contribution in [0, 0.1) is 0 Å². The molecule has 698 valence electrons. The number of aromatic nitrogens is 5. The first kappa shape index (κ1) is 107. The van der Waals surface area contributed by atoms with Gasteiger partial charge in [-0.15, -0.1) is 0 Å². The van der Waals surface area contributed by atoms with Crippen LogP contribution in [0.1, 0.15) is 62.3 Å². The zero-order valence-corrected chi connectivity index (χ0v) is 83.1. The van der Waals surface area contributed by atoms with Crippen molar-refractivity contribution < 1.29 is 65.3 Å². The van der Waals surface area contributed by atoms with Crippen LogP contribution in [-0.2, 0) is 13.3 Å². The molecule has 0 saturated carbocycles. The molecule has 0 amide bonds. The minimum absolute atomic E-state index is 0.0273. The minimum atomic E-state index is -2.05. The lowest BCUT2D eigenvalue weighted by molar-refractivity contribution is 0.0815. The summed E-state index contributed by atoms with van der Waals surface area (Å²) < 4.78 is 86.5. The van der Waals surface area contributed by atoms with Gasteiger partial charge >= 0.3 is 7.12 Å². The minimum Gasteiger partial charge on any atom is -0.491 e. The van der Waals surface area contributed by atoms with Gasteiger partial charge in [0.2, 0.25) is 5.56 Å². The van der Waals surface area contributed by atoms with Gasteiger partial charge in [0.05, 0.1) is 46.2 Å². The average Bonchev–Trinajstić information content (AvgIpc) is 0.694.